The Morgan fingerprint density at radius 3 is 2.05 bits per heavy atom. The van der Waals surface area contributed by atoms with Crippen LogP contribution in [0.3, 0.4) is 0 Å². The minimum atomic E-state index is -0.994. The molecule has 1 aromatic heterocycles. The van der Waals surface area contributed by atoms with Crippen molar-refractivity contribution in [1.29, 1.82) is 0 Å². The third-order valence-corrected chi connectivity index (χ3v) is 12.2. The Hall–Kier alpha value is -2.88. The molecule has 230 valence electrons. The van der Waals surface area contributed by atoms with E-state index in [4.69, 9.17) is 28.1 Å². The molecule has 3 saturated carbocycles. The van der Waals surface area contributed by atoms with Crippen LogP contribution < -0.4 is 0 Å². The molecule has 1 aromatic rings. The average molecular weight is 587 g/mol. The number of fused-ring (bicyclic) bond motifs is 3. The van der Waals surface area contributed by atoms with Gasteiger partial charge in [-0.15, -0.1) is 0 Å². The van der Waals surface area contributed by atoms with Gasteiger partial charge >= 0.3 is 23.9 Å². The summed E-state index contributed by atoms with van der Waals surface area (Å²) < 4.78 is 36.2. The highest BCUT2D eigenvalue weighted by molar-refractivity contribution is 5.82. The molecule has 11 atom stereocenters. The molecule has 0 bridgehead atoms. The highest BCUT2D eigenvalue weighted by Crippen LogP contribution is 2.80. The van der Waals surface area contributed by atoms with Gasteiger partial charge in [0.15, 0.2) is 6.10 Å². The van der Waals surface area contributed by atoms with Gasteiger partial charge in [0.25, 0.3) is 0 Å². The number of hydrogen-bond donors (Lipinski definition) is 0. The van der Waals surface area contributed by atoms with Crippen molar-refractivity contribution in [3.05, 3.63) is 24.2 Å². The van der Waals surface area contributed by atoms with Gasteiger partial charge in [-0.05, 0) is 37.2 Å². The summed E-state index contributed by atoms with van der Waals surface area (Å²) in [6.45, 7) is 14.7. The van der Waals surface area contributed by atoms with Crippen molar-refractivity contribution in [1.82, 2.24) is 0 Å². The largest absolute Gasteiger partial charge is 0.472 e. The molecular formula is C32H42O10. The van der Waals surface area contributed by atoms with E-state index >= 15 is 0 Å². The second-order valence-corrected chi connectivity index (χ2v) is 14.4. The number of ether oxygens (including phenoxy) is 5. The highest BCUT2D eigenvalue weighted by Gasteiger charge is 2.89. The number of cyclic esters (lactones) is 1. The van der Waals surface area contributed by atoms with Gasteiger partial charge in [-0.3, -0.25) is 14.4 Å². The number of esters is 4. The van der Waals surface area contributed by atoms with E-state index in [-0.39, 0.29) is 11.8 Å². The molecule has 5 fully saturated rings. The van der Waals surface area contributed by atoms with Gasteiger partial charge in [0.1, 0.15) is 30.0 Å². The van der Waals surface area contributed by atoms with Crippen LogP contribution in [0.15, 0.2) is 23.0 Å². The lowest BCUT2D eigenvalue weighted by atomic mass is 9.34. The van der Waals surface area contributed by atoms with Crippen LogP contribution in [0.5, 0.6) is 0 Å². The SMILES string of the molecule is CC(=O)O[C@H]1C[C@@H](OC(C)=O)C(C)(C)C2C[C@H](OC(C)=O)[C@]3(C)C(CC[C@@]4(C)[C@H](c5ccoc5)OC(=O)[C@H]5O[C@]543)[C@]21C. The molecule has 42 heavy (non-hydrogen) atoms. The number of carbonyl (C=O) groups is 4. The fraction of sp³-hybridized carbons (Fsp3) is 0.750. The van der Waals surface area contributed by atoms with Gasteiger partial charge in [-0.25, -0.2) is 4.79 Å². The Morgan fingerprint density at radius 1 is 0.833 bits per heavy atom. The van der Waals surface area contributed by atoms with Crippen molar-refractivity contribution in [2.45, 2.75) is 117 Å². The van der Waals surface area contributed by atoms with Crippen molar-refractivity contribution < 1.29 is 47.3 Å². The lowest BCUT2D eigenvalue weighted by Crippen LogP contribution is -2.75. The Kier molecular flexibility index (Phi) is 6.30. The first-order valence-electron chi connectivity index (χ1n) is 15.0. The van der Waals surface area contributed by atoms with E-state index in [1.807, 2.05) is 6.07 Å². The minimum absolute atomic E-state index is 0.159. The molecule has 1 spiro atoms. The van der Waals surface area contributed by atoms with Gasteiger partial charge in [-0.2, -0.15) is 0 Å². The molecular weight excluding hydrogens is 544 g/mol. The van der Waals surface area contributed by atoms with Crippen LogP contribution in [-0.2, 0) is 42.9 Å². The van der Waals surface area contributed by atoms with Crippen molar-refractivity contribution in [2.75, 3.05) is 0 Å². The first kappa shape index (κ1) is 29.2. The molecule has 2 unspecified atom stereocenters. The van der Waals surface area contributed by atoms with Gasteiger partial charge in [0.2, 0.25) is 0 Å². The summed E-state index contributed by atoms with van der Waals surface area (Å²) >= 11 is 0. The highest BCUT2D eigenvalue weighted by atomic mass is 16.7. The summed E-state index contributed by atoms with van der Waals surface area (Å²) in [5.41, 5.74) is -2.88. The monoisotopic (exact) mass is 586 g/mol. The maximum absolute atomic E-state index is 13.5. The van der Waals surface area contributed by atoms with Crippen LogP contribution in [0.1, 0.15) is 92.7 Å². The number of epoxide rings is 1. The average Bonchev–Trinajstić information content (AvgIpc) is 3.45. The van der Waals surface area contributed by atoms with Crippen LogP contribution in [0.25, 0.3) is 0 Å². The van der Waals surface area contributed by atoms with Crippen LogP contribution in [0.4, 0.5) is 0 Å². The topological polar surface area (TPSA) is 131 Å². The number of hydrogen-bond acceptors (Lipinski definition) is 10. The molecule has 10 heteroatoms. The second kappa shape index (κ2) is 9.07. The zero-order valence-electron chi connectivity index (χ0n) is 25.7. The zero-order valence-corrected chi connectivity index (χ0v) is 25.7. The lowest BCUT2D eigenvalue weighted by molar-refractivity contribution is -0.298. The predicted octanol–water partition coefficient (Wildman–Crippen LogP) is 4.69. The summed E-state index contributed by atoms with van der Waals surface area (Å²) in [6, 6.07) is 1.81. The molecule has 2 saturated heterocycles. The Morgan fingerprint density at radius 2 is 1.45 bits per heavy atom. The standard InChI is InChI=1S/C32H42O10/c1-16(33)38-22-14-23(39-17(2)34)30(7)20-9-11-29(6)25(19-10-12-37-15-19)41-27(36)26-32(29,42-26)31(20,8)24(40-18(3)35)13-21(30)28(22,4)5/h10,12,15,20-26H,9,11,13-14H2,1-8H3/t20?,21?,22-,23+,24+,25+,26-,29+,30-,31+,32-/m1/s1. The second-order valence-electron chi connectivity index (χ2n) is 14.4. The third-order valence-electron chi connectivity index (χ3n) is 12.2. The Balaban J connectivity index is 1.54. The van der Waals surface area contributed by atoms with Gasteiger partial charge in [0.05, 0.1) is 12.5 Å². The summed E-state index contributed by atoms with van der Waals surface area (Å²) in [7, 11) is 0. The molecule has 3 heterocycles. The molecule has 0 N–H and O–H groups in total. The molecule has 6 rings (SSSR count). The molecule has 5 aliphatic rings. The number of rotatable bonds is 4. The summed E-state index contributed by atoms with van der Waals surface area (Å²) in [5, 5.41) is 0. The smallest absolute Gasteiger partial charge is 0.339 e. The molecule has 0 aromatic carbocycles. The fourth-order valence-corrected chi connectivity index (χ4v) is 10.6. The number of carbonyl (C=O) groups excluding carboxylic acids is 4. The van der Waals surface area contributed by atoms with E-state index in [1.165, 1.54) is 20.8 Å². The maximum Gasteiger partial charge on any atom is 0.339 e. The van der Waals surface area contributed by atoms with Gasteiger partial charge in [0, 0.05) is 54.4 Å². The van der Waals surface area contributed by atoms with Crippen molar-refractivity contribution in [2.24, 2.45) is 33.5 Å². The van der Waals surface area contributed by atoms with Crippen LogP contribution >= 0.6 is 0 Å². The van der Waals surface area contributed by atoms with Crippen LogP contribution in [-0.4, -0.2) is 53.9 Å². The van der Waals surface area contributed by atoms with Crippen LogP contribution in [0.2, 0.25) is 0 Å². The first-order valence-corrected chi connectivity index (χ1v) is 15.0. The molecule has 0 radical (unpaired) electrons. The third kappa shape index (κ3) is 3.53. The molecule has 2 aliphatic heterocycles. The van der Waals surface area contributed by atoms with E-state index in [2.05, 4.69) is 34.6 Å². The van der Waals surface area contributed by atoms with E-state index < -0.39 is 81.7 Å². The molecule has 10 nitrogen and oxygen atoms in total. The van der Waals surface area contributed by atoms with Crippen LogP contribution in [0, 0.1) is 33.5 Å². The maximum atomic E-state index is 13.5. The van der Waals surface area contributed by atoms with Gasteiger partial charge in [-0.1, -0.05) is 34.6 Å². The van der Waals surface area contributed by atoms with Crippen molar-refractivity contribution >= 4 is 23.9 Å². The Labute approximate surface area is 246 Å². The molecule has 3 aliphatic carbocycles. The van der Waals surface area contributed by atoms with E-state index in [9.17, 15) is 19.2 Å². The quantitative estimate of drug-likeness (QED) is 0.278. The van der Waals surface area contributed by atoms with Crippen molar-refractivity contribution in [3.63, 3.8) is 0 Å². The number of furan rings is 1. The van der Waals surface area contributed by atoms with Gasteiger partial charge < -0.3 is 28.1 Å². The van der Waals surface area contributed by atoms with Crippen molar-refractivity contribution in [3.8, 4) is 0 Å². The fourth-order valence-electron chi connectivity index (χ4n) is 10.6. The van der Waals surface area contributed by atoms with E-state index in [0.717, 1.165) is 5.56 Å². The summed E-state index contributed by atoms with van der Waals surface area (Å²) in [6.07, 6.45) is 2.16. The first-order chi connectivity index (χ1) is 19.5. The normalized spacial score (nSPS) is 46.5. The Bertz CT molecular complexity index is 1320. The zero-order chi connectivity index (χ0) is 30.6. The molecule has 0 amide bonds. The van der Waals surface area contributed by atoms with E-state index in [1.54, 1.807) is 12.5 Å². The minimum Gasteiger partial charge on any atom is -0.472 e. The predicted molar refractivity (Wildman–Crippen MR) is 145 cm³/mol. The summed E-state index contributed by atoms with van der Waals surface area (Å²) in [5.74, 6) is -2.01. The van der Waals surface area contributed by atoms with E-state index in [0.29, 0.717) is 25.7 Å². The lowest BCUT2D eigenvalue weighted by Gasteiger charge is -2.71. The summed E-state index contributed by atoms with van der Waals surface area (Å²) in [4.78, 5) is 50.9.